The van der Waals surface area contributed by atoms with Crippen LogP contribution in [0, 0.1) is 0 Å². The number of carbonyl (C=O) groups excluding carboxylic acids is 1. The highest BCUT2D eigenvalue weighted by Gasteiger charge is 2.25. The van der Waals surface area contributed by atoms with Crippen molar-refractivity contribution in [1.29, 1.82) is 0 Å². The van der Waals surface area contributed by atoms with Gasteiger partial charge in [0.1, 0.15) is 0 Å². The summed E-state index contributed by atoms with van der Waals surface area (Å²) in [6, 6.07) is 10.7. The zero-order valence-electron chi connectivity index (χ0n) is 15.0. The van der Waals surface area contributed by atoms with Crippen LogP contribution in [0.3, 0.4) is 0 Å². The molecular formula is C21H22N2O3S. The maximum absolute atomic E-state index is 12.4. The first-order chi connectivity index (χ1) is 13.0. The average Bonchev–Trinajstić information content (AvgIpc) is 3.29. The molecule has 2 aromatic rings. The zero-order chi connectivity index (χ0) is 18.9. The molecular weight excluding hydrogens is 360 g/mol. The number of carbonyl (C=O) groups is 1. The summed E-state index contributed by atoms with van der Waals surface area (Å²) in [5.41, 5.74) is 6.50. The Morgan fingerprint density at radius 1 is 0.926 bits per heavy atom. The van der Waals surface area contributed by atoms with Crippen molar-refractivity contribution in [2.45, 2.75) is 38.5 Å². The molecule has 0 unspecified atom stereocenters. The number of rotatable bonds is 4. The molecule has 0 aromatic heterocycles. The maximum atomic E-state index is 12.4. The van der Waals surface area contributed by atoms with Gasteiger partial charge in [-0.2, -0.15) is 0 Å². The van der Waals surface area contributed by atoms with E-state index in [1.165, 1.54) is 28.3 Å². The third-order valence-corrected chi connectivity index (χ3v) is 6.15. The molecule has 0 radical (unpaired) electrons. The Bertz CT molecular complexity index is 979. The van der Waals surface area contributed by atoms with Gasteiger partial charge >= 0.3 is 6.03 Å². The summed E-state index contributed by atoms with van der Waals surface area (Å²) >= 11 is 0. The minimum Gasteiger partial charge on any atom is -0.307 e. The lowest BCUT2D eigenvalue weighted by Gasteiger charge is -2.16. The zero-order valence-corrected chi connectivity index (χ0v) is 15.8. The van der Waals surface area contributed by atoms with Crippen molar-refractivity contribution in [1.82, 2.24) is 4.72 Å². The van der Waals surface area contributed by atoms with Crippen molar-refractivity contribution in [2.75, 3.05) is 5.32 Å². The van der Waals surface area contributed by atoms with Gasteiger partial charge in [0.25, 0.3) is 10.0 Å². The van der Waals surface area contributed by atoms with Crippen molar-refractivity contribution < 1.29 is 13.2 Å². The van der Waals surface area contributed by atoms with E-state index in [-0.39, 0.29) is 0 Å². The molecule has 0 spiro atoms. The fourth-order valence-corrected chi connectivity index (χ4v) is 4.72. The first kappa shape index (κ1) is 17.8. The van der Waals surface area contributed by atoms with E-state index in [0.29, 0.717) is 0 Å². The molecule has 27 heavy (non-hydrogen) atoms. The third-order valence-electron chi connectivity index (χ3n) is 5.19. The highest BCUT2D eigenvalue weighted by molar-refractivity contribution is 7.93. The van der Waals surface area contributed by atoms with Crippen LogP contribution in [0.1, 0.15) is 40.7 Å². The molecule has 2 N–H and O–H groups in total. The van der Waals surface area contributed by atoms with E-state index in [4.69, 9.17) is 0 Å². The standard InChI is InChI=1S/C21H22N2O3S/c24-21(23-27(25,26)13-12-15-6-2-1-3-7-15)22-20-18-10-4-8-16(18)14-17-9-5-11-19(17)20/h1-3,6-7,12-14H,4-5,8-11H2,(H2,22,23,24)/b13-12+. The summed E-state index contributed by atoms with van der Waals surface area (Å²) in [6.45, 7) is 0. The van der Waals surface area contributed by atoms with Crippen molar-refractivity contribution in [2.24, 2.45) is 0 Å². The monoisotopic (exact) mass is 382 g/mol. The minimum absolute atomic E-state index is 0.706. The molecule has 5 nitrogen and oxygen atoms in total. The Hall–Kier alpha value is -2.60. The molecule has 0 fully saturated rings. The molecule has 140 valence electrons. The average molecular weight is 382 g/mol. The second-order valence-corrected chi connectivity index (χ2v) is 8.61. The molecule has 4 rings (SSSR count). The van der Waals surface area contributed by atoms with Gasteiger partial charge in [0.2, 0.25) is 0 Å². The van der Waals surface area contributed by atoms with Crippen LogP contribution >= 0.6 is 0 Å². The van der Waals surface area contributed by atoms with E-state index < -0.39 is 16.1 Å². The van der Waals surface area contributed by atoms with Crippen molar-refractivity contribution in [3.8, 4) is 0 Å². The van der Waals surface area contributed by atoms with E-state index >= 15 is 0 Å². The number of anilines is 1. The number of urea groups is 1. The summed E-state index contributed by atoms with van der Waals surface area (Å²) in [5, 5.41) is 3.85. The van der Waals surface area contributed by atoms with Gasteiger partial charge in [-0.05, 0) is 72.4 Å². The van der Waals surface area contributed by atoms with Gasteiger partial charge < -0.3 is 5.32 Å². The molecule has 2 aliphatic rings. The van der Waals surface area contributed by atoms with E-state index in [9.17, 15) is 13.2 Å². The Morgan fingerprint density at radius 2 is 1.56 bits per heavy atom. The lowest BCUT2D eigenvalue weighted by atomic mass is 9.99. The van der Waals surface area contributed by atoms with Crippen molar-refractivity contribution in [3.05, 3.63) is 69.6 Å². The quantitative estimate of drug-likeness (QED) is 0.845. The van der Waals surface area contributed by atoms with Crippen LogP contribution in [0.25, 0.3) is 6.08 Å². The van der Waals surface area contributed by atoms with E-state index in [0.717, 1.165) is 55.2 Å². The lowest BCUT2D eigenvalue weighted by molar-refractivity contribution is 0.256. The molecule has 0 heterocycles. The normalized spacial score (nSPS) is 15.6. The highest BCUT2D eigenvalue weighted by atomic mass is 32.2. The van der Waals surface area contributed by atoms with Crippen LogP contribution in [0.15, 0.2) is 41.8 Å². The van der Waals surface area contributed by atoms with Crippen LogP contribution in [-0.2, 0) is 35.7 Å². The Kier molecular flexibility index (Phi) is 4.74. The van der Waals surface area contributed by atoms with Crippen molar-refractivity contribution in [3.63, 3.8) is 0 Å². The summed E-state index contributed by atoms with van der Waals surface area (Å²) in [6.07, 6.45) is 7.53. The molecule has 2 amide bonds. The topological polar surface area (TPSA) is 75.3 Å². The smallest absolute Gasteiger partial charge is 0.307 e. The SMILES string of the molecule is O=C(Nc1c2c(cc3c1CCC3)CCC2)NS(=O)(=O)/C=C/c1ccccc1. The second kappa shape index (κ2) is 7.19. The van der Waals surface area contributed by atoms with Gasteiger partial charge in [-0.25, -0.2) is 17.9 Å². The molecule has 0 aliphatic heterocycles. The molecule has 0 saturated heterocycles. The van der Waals surface area contributed by atoms with Gasteiger partial charge in [-0.3, -0.25) is 0 Å². The van der Waals surface area contributed by atoms with Crippen LogP contribution in [0.4, 0.5) is 10.5 Å². The lowest BCUT2D eigenvalue weighted by Crippen LogP contribution is -2.33. The number of fused-ring (bicyclic) bond motifs is 2. The fraction of sp³-hybridized carbons (Fsp3) is 0.286. The van der Waals surface area contributed by atoms with Gasteiger partial charge in [0, 0.05) is 5.69 Å². The number of hydrogen-bond donors (Lipinski definition) is 2. The number of aryl methyl sites for hydroxylation is 2. The van der Waals surface area contributed by atoms with Gasteiger partial charge in [0.05, 0.1) is 5.41 Å². The molecule has 0 bridgehead atoms. The van der Waals surface area contributed by atoms with E-state index in [1.807, 2.05) is 18.2 Å². The van der Waals surface area contributed by atoms with Gasteiger partial charge in [-0.15, -0.1) is 0 Å². The number of hydrogen-bond acceptors (Lipinski definition) is 3. The van der Waals surface area contributed by atoms with Crippen LogP contribution in [-0.4, -0.2) is 14.4 Å². The molecule has 2 aromatic carbocycles. The number of amides is 2. The predicted octanol–water partition coefficient (Wildman–Crippen LogP) is 3.79. The highest BCUT2D eigenvalue weighted by Crippen LogP contribution is 2.38. The van der Waals surface area contributed by atoms with Gasteiger partial charge in [0.15, 0.2) is 0 Å². The summed E-state index contributed by atoms with van der Waals surface area (Å²) < 4.78 is 26.5. The van der Waals surface area contributed by atoms with Crippen LogP contribution in [0.5, 0.6) is 0 Å². The Balaban J connectivity index is 1.51. The second-order valence-electron chi connectivity index (χ2n) is 7.05. The number of nitrogens with one attached hydrogen (secondary N) is 2. The maximum Gasteiger partial charge on any atom is 0.333 e. The summed E-state index contributed by atoms with van der Waals surface area (Å²) in [7, 11) is -3.87. The minimum atomic E-state index is -3.87. The molecule has 0 saturated carbocycles. The predicted molar refractivity (Wildman–Crippen MR) is 107 cm³/mol. The van der Waals surface area contributed by atoms with Crippen molar-refractivity contribution >= 4 is 27.8 Å². The summed E-state index contributed by atoms with van der Waals surface area (Å²) in [4.78, 5) is 12.4. The molecule has 2 aliphatic carbocycles. The summed E-state index contributed by atoms with van der Waals surface area (Å²) in [5.74, 6) is 0. The first-order valence-corrected chi connectivity index (χ1v) is 10.8. The fourth-order valence-electron chi connectivity index (χ4n) is 4.00. The number of sulfonamides is 1. The van der Waals surface area contributed by atoms with Crippen LogP contribution in [0.2, 0.25) is 0 Å². The van der Waals surface area contributed by atoms with E-state index in [2.05, 4.69) is 16.1 Å². The molecule has 6 heteroatoms. The molecule has 0 atom stereocenters. The Morgan fingerprint density at radius 3 is 2.19 bits per heavy atom. The number of benzene rings is 2. The largest absolute Gasteiger partial charge is 0.333 e. The van der Waals surface area contributed by atoms with Gasteiger partial charge in [-0.1, -0.05) is 36.4 Å². The first-order valence-electron chi connectivity index (χ1n) is 9.25. The van der Waals surface area contributed by atoms with E-state index in [1.54, 1.807) is 12.1 Å². The third kappa shape index (κ3) is 3.90. The Labute approximate surface area is 159 Å². The van der Waals surface area contributed by atoms with Crippen LogP contribution < -0.4 is 10.0 Å².